The van der Waals surface area contributed by atoms with E-state index in [4.69, 9.17) is 4.98 Å². The van der Waals surface area contributed by atoms with E-state index in [9.17, 15) is 4.79 Å². The van der Waals surface area contributed by atoms with Gasteiger partial charge in [0.2, 0.25) is 5.95 Å². The van der Waals surface area contributed by atoms with Crippen LogP contribution in [0.5, 0.6) is 0 Å². The third-order valence-electron chi connectivity index (χ3n) is 8.65. The molecule has 4 aliphatic rings. The standard InChI is InChI=1S/C27H34N8O/c1-17-15-34(11-8-21(17)31-19-4-5-19)20-6-7-23(28-14-20)32-26-29-13-18-12-22-25(36)30-16-27(9-2-3-10-27)35(22)24(18)33-26/h6-7,12-14,17,19,21,31H,2-5,8-11,15-16H2,1H3,(H,30,36)(H,28,29,32,33). The number of pyridine rings is 1. The lowest BCUT2D eigenvalue weighted by molar-refractivity contribution is 0.0876. The number of amides is 1. The van der Waals surface area contributed by atoms with E-state index >= 15 is 0 Å². The molecule has 2 aliphatic carbocycles. The molecule has 3 aromatic rings. The van der Waals surface area contributed by atoms with E-state index in [1.807, 2.05) is 24.5 Å². The van der Waals surface area contributed by atoms with Crippen molar-refractivity contribution in [3.8, 4) is 0 Å². The average Bonchev–Trinajstić information content (AvgIpc) is 3.43. The Bertz CT molecular complexity index is 1290. The van der Waals surface area contributed by atoms with E-state index in [1.54, 1.807) is 0 Å². The summed E-state index contributed by atoms with van der Waals surface area (Å²) in [4.78, 5) is 29.1. The molecular weight excluding hydrogens is 452 g/mol. The summed E-state index contributed by atoms with van der Waals surface area (Å²) in [6.07, 6.45) is 12.1. The van der Waals surface area contributed by atoms with E-state index in [1.165, 1.54) is 32.1 Å². The van der Waals surface area contributed by atoms with Crippen LogP contribution in [0.3, 0.4) is 0 Å². The Balaban J connectivity index is 1.09. The van der Waals surface area contributed by atoms with Crippen LogP contribution in [0, 0.1) is 5.92 Å². The Labute approximate surface area is 211 Å². The second-order valence-electron chi connectivity index (χ2n) is 11.2. The first-order valence-corrected chi connectivity index (χ1v) is 13.5. The molecule has 36 heavy (non-hydrogen) atoms. The topological polar surface area (TPSA) is 100 Å². The fraction of sp³-hybridized carbons (Fsp3) is 0.556. The van der Waals surface area contributed by atoms with Crippen LogP contribution in [-0.4, -0.2) is 57.1 Å². The summed E-state index contributed by atoms with van der Waals surface area (Å²) in [5.41, 5.74) is 2.60. The van der Waals surface area contributed by atoms with Crippen molar-refractivity contribution in [2.75, 3.05) is 29.9 Å². The second-order valence-corrected chi connectivity index (χ2v) is 11.2. The number of hydrogen-bond acceptors (Lipinski definition) is 7. The van der Waals surface area contributed by atoms with E-state index in [0.29, 0.717) is 30.1 Å². The predicted octanol–water partition coefficient (Wildman–Crippen LogP) is 3.55. The Hall–Kier alpha value is -3.20. The van der Waals surface area contributed by atoms with Crippen LogP contribution in [0.25, 0.3) is 11.0 Å². The molecule has 9 nitrogen and oxygen atoms in total. The third-order valence-corrected chi connectivity index (χ3v) is 8.65. The summed E-state index contributed by atoms with van der Waals surface area (Å²) in [6.45, 7) is 5.12. The van der Waals surface area contributed by atoms with Crippen molar-refractivity contribution in [2.45, 2.75) is 69.5 Å². The molecule has 2 unspecified atom stereocenters. The fourth-order valence-corrected chi connectivity index (χ4v) is 6.49. The van der Waals surface area contributed by atoms with Gasteiger partial charge in [-0.3, -0.25) is 4.79 Å². The molecule has 1 saturated heterocycles. The smallest absolute Gasteiger partial charge is 0.268 e. The zero-order valence-corrected chi connectivity index (χ0v) is 20.8. The van der Waals surface area contributed by atoms with Crippen LogP contribution < -0.4 is 20.9 Å². The van der Waals surface area contributed by atoms with Crippen molar-refractivity contribution in [3.63, 3.8) is 0 Å². The number of carbonyl (C=O) groups is 1. The fourth-order valence-electron chi connectivity index (χ4n) is 6.49. The second kappa shape index (κ2) is 8.44. The summed E-state index contributed by atoms with van der Waals surface area (Å²) >= 11 is 0. The molecule has 2 saturated carbocycles. The van der Waals surface area contributed by atoms with Gasteiger partial charge in [-0.05, 0) is 56.2 Å². The highest BCUT2D eigenvalue weighted by atomic mass is 16.2. The minimum Gasteiger partial charge on any atom is -0.370 e. The summed E-state index contributed by atoms with van der Waals surface area (Å²) in [7, 11) is 0. The van der Waals surface area contributed by atoms with Gasteiger partial charge in [-0.15, -0.1) is 0 Å². The lowest BCUT2D eigenvalue weighted by Gasteiger charge is -2.38. The Morgan fingerprint density at radius 2 is 1.97 bits per heavy atom. The quantitative estimate of drug-likeness (QED) is 0.507. The average molecular weight is 487 g/mol. The molecular formula is C27H34N8O. The van der Waals surface area contributed by atoms with Crippen LogP contribution in [0.4, 0.5) is 17.5 Å². The molecule has 2 aliphatic heterocycles. The molecule has 0 aromatic carbocycles. The van der Waals surface area contributed by atoms with Gasteiger partial charge in [-0.1, -0.05) is 19.8 Å². The predicted molar refractivity (Wildman–Crippen MR) is 140 cm³/mol. The molecule has 3 aromatic heterocycles. The van der Waals surface area contributed by atoms with Crippen LogP contribution in [0.15, 0.2) is 30.6 Å². The van der Waals surface area contributed by atoms with E-state index in [2.05, 4.69) is 48.4 Å². The Morgan fingerprint density at radius 3 is 2.72 bits per heavy atom. The molecule has 3 fully saturated rings. The molecule has 2 atom stereocenters. The van der Waals surface area contributed by atoms with Crippen LogP contribution in [0.1, 0.15) is 62.4 Å². The van der Waals surface area contributed by atoms with Gasteiger partial charge in [0.05, 0.1) is 17.4 Å². The highest BCUT2D eigenvalue weighted by molar-refractivity contribution is 5.99. The third kappa shape index (κ3) is 3.80. The minimum absolute atomic E-state index is 0.0287. The van der Waals surface area contributed by atoms with Crippen molar-refractivity contribution >= 4 is 34.4 Å². The highest BCUT2D eigenvalue weighted by Crippen LogP contribution is 2.41. The molecule has 0 radical (unpaired) electrons. The van der Waals surface area contributed by atoms with Crippen LogP contribution in [0.2, 0.25) is 0 Å². The number of piperidine rings is 1. The summed E-state index contributed by atoms with van der Waals surface area (Å²) in [5.74, 6) is 1.81. The number of nitrogens with one attached hydrogen (secondary N) is 3. The van der Waals surface area contributed by atoms with Gasteiger partial charge < -0.3 is 25.4 Å². The molecule has 0 bridgehead atoms. The number of aromatic nitrogens is 4. The maximum absolute atomic E-state index is 12.6. The van der Waals surface area contributed by atoms with E-state index in [0.717, 1.165) is 54.5 Å². The minimum atomic E-state index is -0.0741. The number of anilines is 3. The van der Waals surface area contributed by atoms with Crippen LogP contribution >= 0.6 is 0 Å². The van der Waals surface area contributed by atoms with E-state index < -0.39 is 0 Å². The largest absolute Gasteiger partial charge is 0.370 e. The SMILES string of the molecule is CC1CN(c2ccc(Nc3ncc4cc5n(c4n3)C3(CCCC3)CNC5=O)nc2)CCC1NC1CC1. The molecule has 1 amide bonds. The van der Waals surface area contributed by atoms with Gasteiger partial charge >= 0.3 is 0 Å². The van der Waals surface area contributed by atoms with Crippen molar-refractivity contribution in [1.29, 1.82) is 0 Å². The number of rotatable bonds is 5. The van der Waals surface area contributed by atoms with Gasteiger partial charge in [0.25, 0.3) is 5.91 Å². The molecule has 7 rings (SSSR count). The van der Waals surface area contributed by atoms with E-state index in [-0.39, 0.29) is 11.4 Å². The normalized spacial score (nSPS) is 25.2. The van der Waals surface area contributed by atoms with Gasteiger partial charge in [-0.25, -0.2) is 9.97 Å². The first-order valence-electron chi connectivity index (χ1n) is 13.5. The maximum atomic E-state index is 12.6. The van der Waals surface area contributed by atoms with Gasteiger partial charge in [0, 0.05) is 43.3 Å². The van der Waals surface area contributed by atoms with Crippen molar-refractivity contribution < 1.29 is 4.79 Å². The number of hydrogen-bond donors (Lipinski definition) is 3. The molecule has 188 valence electrons. The zero-order valence-electron chi connectivity index (χ0n) is 20.8. The van der Waals surface area contributed by atoms with Crippen LogP contribution in [-0.2, 0) is 5.54 Å². The lowest BCUT2D eigenvalue weighted by atomic mass is 9.93. The number of nitrogens with zero attached hydrogens (tertiary/aromatic N) is 5. The first kappa shape index (κ1) is 22.0. The molecule has 1 spiro atoms. The first-order chi connectivity index (χ1) is 17.6. The van der Waals surface area contributed by atoms with Crippen molar-refractivity contribution in [2.24, 2.45) is 5.92 Å². The number of carbonyl (C=O) groups excluding carboxylic acids is 1. The zero-order chi connectivity index (χ0) is 24.3. The summed E-state index contributed by atoms with van der Waals surface area (Å²) in [5, 5.41) is 11.1. The Morgan fingerprint density at radius 1 is 1.11 bits per heavy atom. The molecule has 5 heterocycles. The lowest BCUT2D eigenvalue weighted by Crippen LogP contribution is -2.50. The Kier molecular flexibility index (Phi) is 5.16. The van der Waals surface area contributed by atoms with Crippen molar-refractivity contribution in [1.82, 2.24) is 30.2 Å². The molecule has 9 heteroatoms. The van der Waals surface area contributed by atoms with Gasteiger partial charge in [-0.2, -0.15) is 4.98 Å². The maximum Gasteiger partial charge on any atom is 0.268 e. The van der Waals surface area contributed by atoms with Gasteiger partial charge in [0.1, 0.15) is 17.2 Å². The summed E-state index contributed by atoms with van der Waals surface area (Å²) < 4.78 is 2.18. The highest BCUT2D eigenvalue weighted by Gasteiger charge is 2.42. The van der Waals surface area contributed by atoms with Gasteiger partial charge in [0.15, 0.2) is 0 Å². The summed E-state index contributed by atoms with van der Waals surface area (Å²) in [6, 6.07) is 7.44. The number of fused-ring (bicyclic) bond motifs is 4. The molecule has 3 N–H and O–H groups in total. The monoisotopic (exact) mass is 486 g/mol. The van der Waals surface area contributed by atoms with Crippen molar-refractivity contribution in [3.05, 3.63) is 36.3 Å².